The first-order chi connectivity index (χ1) is 16.1. The van der Waals surface area contributed by atoms with Crippen molar-refractivity contribution >= 4 is 51.8 Å². The van der Waals surface area contributed by atoms with Crippen LogP contribution in [0.25, 0.3) is 11.0 Å². The summed E-state index contributed by atoms with van der Waals surface area (Å²) in [7, 11) is 0. The van der Waals surface area contributed by atoms with Gasteiger partial charge in [0.2, 0.25) is 5.78 Å². The van der Waals surface area contributed by atoms with Gasteiger partial charge < -0.3 is 19.5 Å². The Kier molecular flexibility index (Phi) is 8.10. The average molecular weight is 505 g/mol. The van der Waals surface area contributed by atoms with Crippen LogP contribution >= 0.6 is 23.2 Å². The van der Waals surface area contributed by atoms with Gasteiger partial charge in [-0.05, 0) is 65.0 Å². The molecule has 0 aliphatic rings. The van der Waals surface area contributed by atoms with E-state index in [9.17, 15) is 9.59 Å². The van der Waals surface area contributed by atoms with Crippen molar-refractivity contribution in [1.29, 1.82) is 0 Å². The van der Waals surface area contributed by atoms with E-state index < -0.39 is 11.7 Å². The maximum absolute atomic E-state index is 13.5. The van der Waals surface area contributed by atoms with Crippen LogP contribution in [0.5, 0.6) is 0 Å². The van der Waals surface area contributed by atoms with Gasteiger partial charge in [-0.1, -0.05) is 29.3 Å². The fourth-order valence-corrected chi connectivity index (χ4v) is 4.25. The van der Waals surface area contributed by atoms with Gasteiger partial charge in [0.15, 0.2) is 5.82 Å². The molecular weight excluding hydrogens is 475 g/mol. The summed E-state index contributed by atoms with van der Waals surface area (Å²) >= 11 is 12.4. The van der Waals surface area contributed by atoms with Crippen molar-refractivity contribution in [1.82, 2.24) is 14.9 Å². The molecule has 2 aromatic carbocycles. The lowest BCUT2D eigenvalue weighted by molar-refractivity contribution is 0.0526. The van der Waals surface area contributed by atoms with Crippen molar-refractivity contribution in [3.63, 3.8) is 0 Å². The van der Waals surface area contributed by atoms with Crippen LogP contribution in [0.2, 0.25) is 10.0 Å². The summed E-state index contributed by atoms with van der Waals surface area (Å²) in [6.07, 6.45) is -0.519. The average Bonchev–Trinajstić information content (AvgIpc) is 3.12. The first kappa shape index (κ1) is 25.8. The number of ether oxygens (including phenoxy) is 1. The monoisotopic (exact) mass is 504 g/mol. The normalized spacial score (nSPS) is 11.5. The summed E-state index contributed by atoms with van der Waals surface area (Å²) in [6, 6.07) is 10.6. The predicted molar refractivity (Wildman–Crippen MR) is 137 cm³/mol. The van der Waals surface area contributed by atoms with E-state index in [0.717, 1.165) is 24.3 Å². The standard InChI is InChI=1S/C25H30Cl2N4O3/c1-6-30(7-2)20-10-8-9-19-21(20)31(14-13-28-24(33)34-25(3,4)5)23(29-19)22(32)17-12-11-16(26)15-18(17)27/h8-12,15H,6-7,13-14H2,1-5H3,(H,28,33). The van der Waals surface area contributed by atoms with Crippen molar-refractivity contribution < 1.29 is 14.3 Å². The van der Waals surface area contributed by atoms with Crippen LogP contribution in [0.15, 0.2) is 36.4 Å². The molecular formula is C25H30Cl2N4O3. The Hall–Kier alpha value is -2.77. The van der Waals surface area contributed by atoms with Gasteiger partial charge in [0.05, 0.1) is 21.7 Å². The molecule has 1 amide bonds. The Bertz CT molecular complexity index is 1200. The van der Waals surface area contributed by atoms with Crippen LogP contribution in [0.1, 0.15) is 50.8 Å². The second-order valence-corrected chi connectivity index (χ2v) is 9.63. The lowest BCUT2D eigenvalue weighted by Gasteiger charge is -2.23. The molecule has 1 N–H and O–H groups in total. The second-order valence-electron chi connectivity index (χ2n) is 8.79. The number of fused-ring (bicyclic) bond motifs is 1. The zero-order valence-electron chi connectivity index (χ0n) is 20.1. The van der Waals surface area contributed by atoms with Gasteiger partial charge in [-0.3, -0.25) is 4.79 Å². The van der Waals surface area contributed by atoms with E-state index in [-0.39, 0.29) is 23.2 Å². The van der Waals surface area contributed by atoms with E-state index in [4.69, 9.17) is 27.9 Å². The molecule has 0 aliphatic carbocycles. The minimum Gasteiger partial charge on any atom is -0.444 e. The van der Waals surface area contributed by atoms with Gasteiger partial charge in [-0.25, -0.2) is 9.78 Å². The third kappa shape index (κ3) is 5.83. The van der Waals surface area contributed by atoms with Gasteiger partial charge in [-0.15, -0.1) is 0 Å². The molecule has 0 radical (unpaired) electrons. The SMILES string of the molecule is CCN(CC)c1cccc2nc(C(=O)c3ccc(Cl)cc3Cl)n(CCNC(=O)OC(C)(C)C)c12. The summed E-state index contributed by atoms with van der Waals surface area (Å²) in [5.41, 5.74) is 2.19. The molecule has 182 valence electrons. The quantitative estimate of drug-likeness (QED) is 0.383. The predicted octanol–water partition coefficient (Wildman–Crippen LogP) is 5.95. The number of hydrogen-bond donors (Lipinski definition) is 1. The van der Waals surface area contributed by atoms with Crippen LogP contribution in [0.3, 0.4) is 0 Å². The van der Waals surface area contributed by atoms with E-state index in [1.807, 2.05) is 22.8 Å². The minimum absolute atomic E-state index is 0.241. The van der Waals surface area contributed by atoms with Crippen molar-refractivity contribution in [2.75, 3.05) is 24.5 Å². The smallest absolute Gasteiger partial charge is 0.407 e. The molecule has 0 saturated heterocycles. The van der Waals surface area contributed by atoms with Crippen molar-refractivity contribution in [2.45, 2.75) is 46.8 Å². The Morgan fingerprint density at radius 2 is 1.82 bits per heavy atom. The molecule has 0 saturated carbocycles. The molecule has 3 aromatic rings. The third-order valence-electron chi connectivity index (χ3n) is 5.23. The number of ketones is 1. The zero-order valence-corrected chi connectivity index (χ0v) is 21.6. The molecule has 0 bridgehead atoms. The second kappa shape index (κ2) is 10.7. The third-order valence-corrected chi connectivity index (χ3v) is 5.78. The number of para-hydroxylation sites is 1. The summed E-state index contributed by atoms with van der Waals surface area (Å²) in [5, 5.41) is 3.47. The highest BCUT2D eigenvalue weighted by Crippen LogP contribution is 2.30. The summed E-state index contributed by atoms with van der Waals surface area (Å²) in [6.45, 7) is 11.7. The van der Waals surface area contributed by atoms with Crippen LogP contribution in [-0.4, -0.2) is 46.7 Å². The summed E-state index contributed by atoms with van der Waals surface area (Å²) < 4.78 is 7.18. The number of nitrogens with zero attached hydrogens (tertiary/aromatic N) is 3. The number of benzene rings is 2. The fourth-order valence-electron chi connectivity index (χ4n) is 3.76. The van der Waals surface area contributed by atoms with Gasteiger partial charge in [-0.2, -0.15) is 0 Å². The molecule has 1 heterocycles. The molecule has 9 heteroatoms. The number of alkyl carbamates (subject to hydrolysis) is 1. The van der Waals surface area contributed by atoms with Crippen molar-refractivity contribution in [2.24, 2.45) is 0 Å². The summed E-state index contributed by atoms with van der Waals surface area (Å²) in [4.78, 5) is 32.6. The molecule has 0 spiro atoms. The van der Waals surface area contributed by atoms with E-state index in [0.29, 0.717) is 22.6 Å². The number of rotatable bonds is 8. The molecule has 34 heavy (non-hydrogen) atoms. The van der Waals surface area contributed by atoms with Gasteiger partial charge in [0.25, 0.3) is 0 Å². The van der Waals surface area contributed by atoms with Crippen molar-refractivity contribution in [3.05, 3.63) is 57.8 Å². The topological polar surface area (TPSA) is 76.5 Å². The molecule has 0 aliphatic heterocycles. The highest BCUT2D eigenvalue weighted by molar-refractivity contribution is 6.37. The highest BCUT2D eigenvalue weighted by Gasteiger charge is 2.24. The number of halogens is 2. The Morgan fingerprint density at radius 1 is 1.12 bits per heavy atom. The molecule has 0 unspecified atom stereocenters. The first-order valence-electron chi connectivity index (χ1n) is 11.3. The number of carbonyl (C=O) groups excluding carboxylic acids is 2. The molecule has 7 nitrogen and oxygen atoms in total. The molecule has 0 fully saturated rings. The summed E-state index contributed by atoms with van der Waals surface area (Å²) in [5.74, 6) is -0.0783. The van der Waals surface area contributed by atoms with Gasteiger partial charge >= 0.3 is 6.09 Å². The number of amides is 1. The number of carbonyl (C=O) groups is 2. The number of anilines is 1. The lowest BCUT2D eigenvalue weighted by atomic mass is 10.1. The Labute approximate surface area is 210 Å². The molecule has 3 rings (SSSR count). The Morgan fingerprint density at radius 3 is 2.44 bits per heavy atom. The number of nitrogens with one attached hydrogen (secondary N) is 1. The number of hydrogen-bond acceptors (Lipinski definition) is 5. The number of aromatic nitrogens is 2. The van der Waals surface area contributed by atoms with E-state index in [1.54, 1.807) is 32.9 Å². The van der Waals surface area contributed by atoms with Crippen molar-refractivity contribution in [3.8, 4) is 0 Å². The highest BCUT2D eigenvalue weighted by atomic mass is 35.5. The zero-order chi connectivity index (χ0) is 25.0. The lowest BCUT2D eigenvalue weighted by Crippen LogP contribution is -2.34. The fraction of sp³-hybridized carbons (Fsp3) is 0.400. The van der Waals surface area contributed by atoms with E-state index >= 15 is 0 Å². The van der Waals surface area contributed by atoms with Crippen LogP contribution in [0, 0.1) is 0 Å². The van der Waals surface area contributed by atoms with Gasteiger partial charge in [0, 0.05) is 36.8 Å². The van der Waals surface area contributed by atoms with Crippen LogP contribution < -0.4 is 10.2 Å². The van der Waals surface area contributed by atoms with Gasteiger partial charge in [0.1, 0.15) is 5.60 Å². The van der Waals surface area contributed by atoms with Crippen LogP contribution in [0.4, 0.5) is 10.5 Å². The number of imidazole rings is 1. The van der Waals surface area contributed by atoms with E-state index in [2.05, 4.69) is 29.0 Å². The minimum atomic E-state index is -0.603. The molecule has 1 aromatic heterocycles. The van der Waals surface area contributed by atoms with Crippen LogP contribution in [-0.2, 0) is 11.3 Å². The first-order valence-corrected chi connectivity index (χ1v) is 12.0. The largest absolute Gasteiger partial charge is 0.444 e. The van der Waals surface area contributed by atoms with E-state index in [1.165, 1.54) is 6.07 Å². The Balaban J connectivity index is 2.06. The molecule has 0 atom stereocenters. The maximum atomic E-state index is 13.5. The maximum Gasteiger partial charge on any atom is 0.407 e.